The zero-order valence-electron chi connectivity index (χ0n) is 15.2. The number of carbonyl (C=O) groups is 2. The summed E-state index contributed by atoms with van der Waals surface area (Å²) < 4.78 is 5.81. The fraction of sp³-hybridized carbons (Fsp3) is 0.300. The molecule has 26 heavy (non-hydrogen) atoms. The molecule has 0 aliphatic carbocycles. The molecule has 1 heterocycles. The van der Waals surface area contributed by atoms with Crippen molar-refractivity contribution in [1.82, 2.24) is 0 Å². The summed E-state index contributed by atoms with van der Waals surface area (Å²) in [4.78, 5) is 26.9. The first-order valence-corrected chi connectivity index (χ1v) is 8.73. The van der Waals surface area contributed by atoms with Crippen molar-refractivity contribution < 1.29 is 14.3 Å². The van der Waals surface area contributed by atoms with Gasteiger partial charge in [-0.3, -0.25) is 14.5 Å². The van der Waals surface area contributed by atoms with Gasteiger partial charge in [0.2, 0.25) is 5.91 Å². The van der Waals surface area contributed by atoms with Gasteiger partial charge in [0, 0.05) is 10.7 Å². The number of nitrogens with zero attached hydrogens (tertiary/aromatic N) is 1. The van der Waals surface area contributed by atoms with Gasteiger partial charge in [-0.05, 0) is 69.2 Å². The lowest BCUT2D eigenvalue weighted by atomic mass is 10.0. The van der Waals surface area contributed by atoms with E-state index in [0.717, 1.165) is 11.1 Å². The summed E-state index contributed by atoms with van der Waals surface area (Å²) in [5.41, 5.74) is 2.09. The average molecular weight is 373 g/mol. The third-order valence-electron chi connectivity index (χ3n) is 4.29. The lowest BCUT2D eigenvalue weighted by Gasteiger charge is -2.38. The van der Waals surface area contributed by atoms with Gasteiger partial charge in [0.25, 0.3) is 5.91 Å². The largest absolute Gasteiger partial charge is 0.476 e. The molecule has 2 aromatic rings. The van der Waals surface area contributed by atoms with Crippen LogP contribution in [-0.4, -0.2) is 24.0 Å². The molecule has 1 N–H and O–H groups in total. The van der Waals surface area contributed by atoms with Gasteiger partial charge in [-0.2, -0.15) is 0 Å². The third kappa shape index (κ3) is 3.53. The third-order valence-corrected chi connectivity index (χ3v) is 4.53. The van der Waals surface area contributed by atoms with E-state index >= 15 is 0 Å². The van der Waals surface area contributed by atoms with E-state index in [1.54, 1.807) is 32.0 Å². The number of halogens is 1. The van der Waals surface area contributed by atoms with Crippen LogP contribution in [0.15, 0.2) is 36.4 Å². The molecular formula is C20H21ClN2O3. The molecular weight excluding hydrogens is 352 g/mol. The Morgan fingerprint density at radius 3 is 2.62 bits per heavy atom. The van der Waals surface area contributed by atoms with Crippen molar-refractivity contribution in [3.05, 3.63) is 52.5 Å². The second kappa shape index (κ2) is 6.65. The van der Waals surface area contributed by atoms with E-state index in [-0.39, 0.29) is 18.4 Å². The van der Waals surface area contributed by atoms with Crippen molar-refractivity contribution in [1.29, 1.82) is 0 Å². The first kappa shape index (κ1) is 18.3. The number of fused-ring (bicyclic) bond motifs is 1. The van der Waals surface area contributed by atoms with E-state index in [0.29, 0.717) is 22.1 Å². The van der Waals surface area contributed by atoms with Crippen LogP contribution in [-0.2, 0) is 9.59 Å². The molecule has 0 spiro atoms. The Balaban J connectivity index is 1.87. The minimum Gasteiger partial charge on any atom is -0.476 e. The summed E-state index contributed by atoms with van der Waals surface area (Å²) in [6.07, 6.45) is 0. The van der Waals surface area contributed by atoms with Crippen molar-refractivity contribution in [3.63, 3.8) is 0 Å². The molecule has 0 aromatic heterocycles. The number of ether oxygens (including phenoxy) is 1. The lowest BCUT2D eigenvalue weighted by Crippen LogP contribution is -2.54. The van der Waals surface area contributed by atoms with Crippen molar-refractivity contribution in [3.8, 4) is 5.75 Å². The number of hydrogen-bond acceptors (Lipinski definition) is 3. The number of rotatable bonds is 3. The molecule has 1 aliphatic rings. The minimum atomic E-state index is -1.03. The topological polar surface area (TPSA) is 58.6 Å². The predicted molar refractivity (Wildman–Crippen MR) is 103 cm³/mol. The molecule has 3 rings (SSSR count). The van der Waals surface area contributed by atoms with E-state index in [2.05, 4.69) is 5.32 Å². The molecule has 2 amide bonds. The second-order valence-electron chi connectivity index (χ2n) is 6.98. The zero-order valence-corrected chi connectivity index (χ0v) is 16.0. The summed E-state index contributed by atoms with van der Waals surface area (Å²) in [6.45, 7) is 7.10. The zero-order chi connectivity index (χ0) is 19.1. The molecule has 5 nitrogen and oxygen atoms in total. The molecule has 0 saturated heterocycles. The van der Waals surface area contributed by atoms with E-state index in [1.165, 1.54) is 4.90 Å². The maximum absolute atomic E-state index is 12.8. The fourth-order valence-electron chi connectivity index (χ4n) is 2.94. The highest BCUT2D eigenvalue weighted by atomic mass is 35.5. The summed E-state index contributed by atoms with van der Waals surface area (Å²) in [5.74, 6) is 0.0585. The molecule has 0 unspecified atom stereocenters. The Bertz CT molecular complexity index is 893. The summed E-state index contributed by atoms with van der Waals surface area (Å²) in [5, 5.41) is 3.45. The van der Waals surface area contributed by atoms with Crippen LogP contribution < -0.4 is 15.0 Å². The monoisotopic (exact) mass is 372 g/mol. The molecule has 0 radical (unpaired) electrons. The number of anilines is 2. The van der Waals surface area contributed by atoms with Crippen molar-refractivity contribution in [2.24, 2.45) is 0 Å². The van der Waals surface area contributed by atoms with Crippen molar-refractivity contribution >= 4 is 34.8 Å². The number of benzene rings is 2. The first-order valence-electron chi connectivity index (χ1n) is 8.35. The Morgan fingerprint density at radius 2 is 1.92 bits per heavy atom. The maximum Gasteiger partial charge on any atom is 0.271 e. The predicted octanol–water partition coefficient (Wildman–Crippen LogP) is 4.10. The quantitative estimate of drug-likeness (QED) is 0.882. The van der Waals surface area contributed by atoms with Gasteiger partial charge in [-0.1, -0.05) is 17.7 Å². The standard InChI is InChI=1S/C20H21ClN2O3/c1-12-5-8-17-16(9-12)23(19(25)20(3,4)26-17)11-18(24)22-15-7-6-14(21)10-13(15)2/h5-10H,11H2,1-4H3,(H,22,24). The van der Waals surface area contributed by atoms with E-state index < -0.39 is 5.60 Å². The van der Waals surface area contributed by atoms with Crippen molar-refractivity contribution in [2.75, 3.05) is 16.8 Å². The highest BCUT2D eigenvalue weighted by Crippen LogP contribution is 2.38. The molecule has 0 bridgehead atoms. The summed E-state index contributed by atoms with van der Waals surface area (Å²) in [6, 6.07) is 10.8. The molecule has 6 heteroatoms. The van der Waals surface area contributed by atoms with Gasteiger partial charge in [0.05, 0.1) is 5.69 Å². The van der Waals surface area contributed by atoms with Gasteiger partial charge < -0.3 is 10.1 Å². The minimum absolute atomic E-state index is 0.0931. The van der Waals surface area contributed by atoms with Crippen LogP contribution in [0, 0.1) is 13.8 Å². The highest BCUT2D eigenvalue weighted by molar-refractivity contribution is 6.30. The molecule has 136 valence electrons. The van der Waals surface area contributed by atoms with Gasteiger partial charge in [0.15, 0.2) is 5.60 Å². The Kier molecular flexibility index (Phi) is 4.67. The van der Waals surface area contributed by atoms with Crippen LogP contribution in [0.25, 0.3) is 0 Å². The van der Waals surface area contributed by atoms with Crippen LogP contribution >= 0.6 is 11.6 Å². The molecule has 2 aromatic carbocycles. The lowest BCUT2D eigenvalue weighted by molar-refractivity contribution is -0.133. The molecule has 0 saturated carbocycles. The van der Waals surface area contributed by atoms with Crippen LogP contribution in [0.4, 0.5) is 11.4 Å². The maximum atomic E-state index is 12.8. The van der Waals surface area contributed by atoms with Crippen LogP contribution in [0.2, 0.25) is 5.02 Å². The fourth-order valence-corrected chi connectivity index (χ4v) is 3.16. The van der Waals surface area contributed by atoms with Gasteiger partial charge in [-0.25, -0.2) is 0 Å². The number of carbonyl (C=O) groups excluding carboxylic acids is 2. The van der Waals surface area contributed by atoms with Gasteiger partial charge in [-0.15, -0.1) is 0 Å². The number of hydrogen-bond donors (Lipinski definition) is 1. The Morgan fingerprint density at radius 1 is 1.19 bits per heavy atom. The number of amides is 2. The molecule has 1 aliphatic heterocycles. The first-order chi connectivity index (χ1) is 12.2. The molecule has 0 fully saturated rings. The van der Waals surface area contributed by atoms with E-state index in [9.17, 15) is 9.59 Å². The number of aryl methyl sites for hydroxylation is 2. The molecule has 0 atom stereocenters. The van der Waals surface area contributed by atoms with Gasteiger partial charge >= 0.3 is 0 Å². The van der Waals surface area contributed by atoms with Crippen molar-refractivity contribution in [2.45, 2.75) is 33.3 Å². The van der Waals surface area contributed by atoms with Crippen LogP contribution in [0.5, 0.6) is 5.75 Å². The Labute approximate surface area is 157 Å². The van der Waals surface area contributed by atoms with Crippen LogP contribution in [0.1, 0.15) is 25.0 Å². The average Bonchev–Trinajstić information content (AvgIpc) is 2.55. The SMILES string of the molecule is Cc1ccc2c(c1)N(CC(=O)Nc1ccc(Cl)cc1C)C(=O)C(C)(C)O2. The van der Waals surface area contributed by atoms with E-state index in [1.807, 2.05) is 32.0 Å². The van der Waals surface area contributed by atoms with E-state index in [4.69, 9.17) is 16.3 Å². The highest BCUT2D eigenvalue weighted by Gasteiger charge is 2.41. The summed E-state index contributed by atoms with van der Waals surface area (Å²) in [7, 11) is 0. The van der Waals surface area contributed by atoms with Crippen LogP contribution in [0.3, 0.4) is 0 Å². The van der Waals surface area contributed by atoms with Gasteiger partial charge in [0.1, 0.15) is 12.3 Å². The smallest absolute Gasteiger partial charge is 0.271 e. The normalized spacial score (nSPS) is 15.3. The second-order valence-corrected chi connectivity index (χ2v) is 7.42. The summed E-state index contributed by atoms with van der Waals surface area (Å²) >= 11 is 5.95. The number of nitrogens with one attached hydrogen (secondary N) is 1. The Hall–Kier alpha value is -2.53.